The van der Waals surface area contributed by atoms with Crippen molar-refractivity contribution in [3.63, 3.8) is 0 Å². The Hall–Kier alpha value is -3.20. The van der Waals surface area contributed by atoms with E-state index in [0.29, 0.717) is 11.1 Å². The molecule has 3 heteroatoms. The van der Waals surface area contributed by atoms with Crippen LogP contribution in [0.15, 0.2) is 72.8 Å². The van der Waals surface area contributed by atoms with E-state index in [1.807, 2.05) is 0 Å². The number of benzene rings is 3. The van der Waals surface area contributed by atoms with Gasteiger partial charge in [-0.15, -0.1) is 0 Å². The lowest BCUT2D eigenvalue weighted by atomic mass is 10.1. The summed E-state index contributed by atoms with van der Waals surface area (Å²) in [6.45, 7) is 0. The molecule has 24 heavy (non-hydrogen) atoms. The zero-order valence-corrected chi connectivity index (χ0v) is 13.0. The molecule has 5 rings (SSSR count). The number of carbonyl (C=O) groups is 2. The molecule has 0 atom stereocenters. The second-order valence-electron chi connectivity index (χ2n) is 5.82. The number of carbonyl (C=O) groups excluding carboxylic acids is 2. The Balaban J connectivity index is 0.000000123. The van der Waals surface area contributed by atoms with Crippen molar-refractivity contribution in [1.82, 2.24) is 5.32 Å². The van der Waals surface area contributed by atoms with Gasteiger partial charge in [-0.05, 0) is 40.8 Å². The highest BCUT2D eigenvalue weighted by Gasteiger charge is 2.25. The molecule has 3 aromatic carbocycles. The van der Waals surface area contributed by atoms with E-state index in [-0.39, 0.29) is 11.8 Å². The van der Waals surface area contributed by atoms with E-state index in [0.717, 1.165) is 6.42 Å². The Labute approximate surface area is 140 Å². The van der Waals surface area contributed by atoms with Gasteiger partial charge in [0.15, 0.2) is 0 Å². The first-order chi connectivity index (χ1) is 11.7. The largest absolute Gasteiger partial charge is 0.288 e. The molecular weight excluding hydrogens is 298 g/mol. The SMILES string of the molecule is O=C1NC(=O)c2ccccc21.c1ccc2c(c1)Cc1ccccc1-2. The van der Waals surface area contributed by atoms with Gasteiger partial charge < -0.3 is 0 Å². The molecule has 0 radical (unpaired) electrons. The fourth-order valence-corrected chi connectivity index (χ4v) is 3.20. The molecule has 0 bridgehead atoms. The molecule has 0 spiro atoms. The van der Waals surface area contributed by atoms with Crippen molar-refractivity contribution in [1.29, 1.82) is 0 Å². The second-order valence-corrected chi connectivity index (χ2v) is 5.82. The maximum atomic E-state index is 10.9. The van der Waals surface area contributed by atoms with Crippen LogP contribution < -0.4 is 5.32 Å². The van der Waals surface area contributed by atoms with Crippen molar-refractivity contribution in [2.45, 2.75) is 6.42 Å². The molecule has 0 saturated heterocycles. The predicted octanol–water partition coefficient (Wildman–Crippen LogP) is 3.83. The first kappa shape index (κ1) is 14.4. The Morgan fingerprint density at radius 1 is 0.542 bits per heavy atom. The number of fused-ring (bicyclic) bond motifs is 4. The van der Waals surface area contributed by atoms with Crippen molar-refractivity contribution in [3.8, 4) is 11.1 Å². The monoisotopic (exact) mass is 313 g/mol. The number of hydrogen-bond donors (Lipinski definition) is 1. The zero-order valence-electron chi connectivity index (χ0n) is 13.0. The van der Waals surface area contributed by atoms with E-state index in [4.69, 9.17) is 0 Å². The molecule has 1 aliphatic carbocycles. The standard InChI is InChI=1S/C13H10.C8H5NO2/c1-3-7-12-10(5-1)9-11-6-2-4-8-13(11)12;10-7-5-3-1-2-4-6(5)8(11)9-7/h1-8H,9H2;1-4H,(H,9,10,11). The normalized spacial score (nSPS) is 13.3. The van der Waals surface area contributed by atoms with Gasteiger partial charge in [-0.1, -0.05) is 60.7 Å². The van der Waals surface area contributed by atoms with Crippen molar-refractivity contribution < 1.29 is 9.59 Å². The Bertz CT molecular complexity index is 883. The van der Waals surface area contributed by atoms with Crippen LogP contribution in [0.1, 0.15) is 31.8 Å². The van der Waals surface area contributed by atoms with Crippen molar-refractivity contribution >= 4 is 11.8 Å². The van der Waals surface area contributed by atoms with Crippen LogP contribution in [0, 0.1) is 0 Å². The molecule has 116 valence electrons. The number of nitrogens with one attached hydrogen (secondary N) is 1. The summed E-state index contributed by atoms with van der Waals surface area (Å²) >= 11 is 0. The molecular formula is C21H15NO2. The van der Waals surface area contributed by atoms with Crippen molar-refractivity contribution in [3.05, 3.63) is 95.1 Å². The summed E-state index contributed by atoms with van der Waals surface area (Å²) in [4.78, 5) is 21.9. The molecule has 1 N–H and O–H groups in total. The van der Waals surface area contributed by atoms with E-state index in [1.165, 1.54) is 22.3 Å². The summed E-state index contributed by atoms with van der Waals surface area (Å²) in [5, 5.41) is 2.20. The summed E-state index contributed by atoms with van der Waals surface area (Å²) in [6.07, 6.45) is 1.10. The molecule has 3 nitrogen and oxygen atoms in total. The van der Waals surface area contributed by atoms with Gasteiger partial charge in [-0.3, -0.25) is 14.9 Å². The molecule has 0 saturated carbocycles. The van der Waals surface area contributed by atoms with E-state index in [2.05, 4.69) is 53.8 Å². The van der Waals surface area contributed by atoms with Crippen molar-refractivity contribution in [2.75, 3.05) is 0 Å². The number of imide groups is 1. The van der Waals surface area contributed by atoms with Gasteiger partial charge >= 0.3 is 0 Å². The van der Waals surface area contributed by atoms with Gasteiger partial charge in [0.05, 0.1) is 11.1 Å². The molecule has 0 unspecified atom stereocenters. The maximum Gasteiger partial charge on any atom is 0.258 e. The fourth-order valence-electron chi connectivity index (χ4n) is 3.20. The molecule has 0 aromatic heterocycles. The van der Waals surface area contributed by atoms with E-state index >= 15 is 0 Å². The lowest BCUT2D eigenvalue weighted by molar-refractivity contribution is 0.0879. The van der Waals surface area contributed by atoms with Gasteiger partial charge in [0.1, 0.15) is 0 Å². The van der Waals surface area contributed by atoms with Gasteiger partial charge in [0, 0.05) is 0 Å². The summed E-state index contributed by atoms with van der Waals surface area (Å²) in [7, 11) is 0. The van der Waals surface area contributed by atoms with Crippen LogP contribution in [0.5, 0.6) is 0 Å². The summed E-state index contributed by atoms with van der Waals surface area (Å²) < 4.78 is 0. The maximum absolute atomic E-state index is 10.9. The predicted molar refractivity (Wildman–Crippen MR) is 92.9 cm³/mol. The molecule has 1 heterocycles. The number of amides is 2. The zero-order chi connectivity index (χ0) is 16.5. The minimum absolute atomic E-state index is 0.300. The summed E-state index contributed by atoms with van der Waals surface area (Å²) in [6, 6.07) is 24.0. The van der Waals surface area contributed by atoms with Gasteiger partial charge in [-0.25, -0.2) is 0 Å². The van der Waals surface area contributed by atoms with Gasteiger partial charge in [-0.2, -0.15) is 0 Å². The Morgan fingerprint density at radius 2 is 0.917 bits per heavy atom. The third-order valence-corrected chi connectivity index (χ3v) is 4.35. The minimum Gasteiger partial charge on any atom is -0.288 e. The van der Waals surface area contributed by atoms with E-state index in [1.54, 1.807) is 24.3 Å². The van der Waals surface area contributed by atoms with Crippen LogP contribution in [0.3, 0.4) is 0 Å². The lowest BCUT2D eigenvalue weighted by Crippen LogP contribution is -2.19. The highest BCUT2D eigenvalue weighted by Crippen LogP contribution is 2.35. The third-order valence-electron chi connectivity index (χ3n) is 4.35. The van der Waals surface area contributed by atoms with Gasteiger partial charge in [0.25, 0.3) is 11.8 Å². The Morgan fingerprint density at radius 3 is 1.38 bits per heavy atom. The molecule has 0 fully saturated rings. The first-order valence-corrected chi connectivity index (χ1v) is 7.85. The van der Waals surface area contributed by atoms with Crippen molar-refractivity contribution in [2.24, 2.45) is 0 Å². The van der Waals surface area contributed by atoms with Crippen LogP contribution in [-0.4, -0.2) is 11.8 Å². The molecule has 2 aliphatic rings. The second kappa shape index (κ2) is 5.78. The fraction of sp³-hybridized carbons (Fsp3) is 0.0476. The minimum atomic E-state index is -0.300. The highest BCUT2D eigenvalue weighted by atomic mass is 16.2. The van der Waals surface area contributed by atoms with Gasteiger partial charge in [0.2, 0.25) is 0 Å². The van der Waals surface area contributed by atoms with Crippen LogP contribution in [0.25, 0.3) is 11.1 Å². The van der Waals surface area contributed by atoms with Crippen LogP contribution in [0.2, 0.25) is 0 Å². The average molecular weight is 313 g/mol. The van der Waals surface area contributed by atoms with Crippen LogP contribution in [0.4, 0.5) is 0 Å². The number of hydrogen-bond acceptors (Lipinski definition) is 2. The molecule has 1 aliphatic heterocycles. The molecule has 3 aromatic rings. The molecule has 2 amide bonds. The number of rotatable bonds is 0. The summed E-state index contributed by atoms with van der Waals surface area (Å²) in [5.41, 5.74) is 6.69. The average Bonchev–Trinajstić information content (AvgIpc) is 3.14. The van der Waals surface area contributed by atoms with E-state index in [9.17, 15) is 9.59 Å². The smallest absolute Gasteiger partial charge is 0.258 e. The van der Waals surface area contributed by atoms with E-state index < -0.39 is 0 Å². The quantitative estimate of drug-likeness (QED) is 0.502. The van der Waals surface area contributed by atoms with Crippen LogP contribution >= 0.6 is 0 Å². The summed E-state index contributed by atoms with van der Waals surface area (Å²) in [5.74, 6) is -0.601. The third kappa shape index (κ3) is 2.40. The lowest BCUT2D eigenvalue weighted by Gasteiger charge is -1.98. The first-order valence-electron chi connectivity index (χ1n) is 7.85. The van der Waals surface area contributed by atoms with Crippen LogP contribution in [-0.2, 0) is 6.42 Å². The Kier molecular flexibility index (Phi) is 3.47. The topological polar surface area (TPSA) is 46.2 Å². The highest BCUT2D eigenvalue weighted by molar-refractivity contribution is 6.21.